The molecule has 1 atom stereocenters. The van der Waals surface area contributed by atoms with E-state index in [9.17, 15) is 14.4 Å². The van der Waals surface area contributed by atoms with Gasteiger partial charge in [-0.05, 0) is 49.8 Å². The van der Waals surface area contributed by atoms with Crippen LogP contribution in [-0.4, -0.2) is 47.5 Å². The molecule has 0 aliphatic carbocycles. The Hall–Kier alpha value is -1.59. The van der Waals surface area contributed by atoms with Crippen LogP contribution in [0.4, 0.5) is 5.69 Å². The van der Waals surface area contributed by atoms with E-state index in [-0.39, 0.29) is 11.8 Å². The van der Waals surface area contributed by atoms with Gasteiger partial charge in [0.05, 0.1) is 11.1 Å². The van der Waals surface area contributed by atoms with E-state index >= 15 is 0 Å². The van der Waals surface area contributed by atoms with E-state index < -0.39 is 11.9 Å². The molecule has 2 fully saturated rings. The van der Waals surface area contributed by atoms with Crippen molar-refractivity contribution < 1.29 is 16.9 Å². The lowest BCUT2D eigenvalue weighted by Crippen LogP contribution is -2.51. The molecule has 0 radical (unpaired) electrons. The van der Waals surface area contributed by atoms with Crippen molar-refractivity contribution in [2.24, 2.45) is 5.92 Å². The number of nitrogens with one attached hydrogen (secondary N) is 1. The number of rotatable bonds is 5. The first-order valence-corrected chi connectivity index (χ1v) is 11.4. The van der Waals surface area contributed by atoms with Gasteiger partial charge in [0.2, 0.25) is 5.91 Å². The lowest BCUT2D eigenvalue weighted by atomic mass is 9.98. The number of anilines is 1. The molecule has 3 aliphatic rings. The number of amides is 3. The Labute approximate surface area is 188 Å². The van der Waals surface area contributed by atoms with Crippen molar-refractivity contribution in [3.05, 3.63) is 41.6 Å². The first-order valence-electron chi connectivity index (χ1n) is 9.65. The van der Waals surface area contributed by atoms with E-state index in [1.807, 2.05) is 29.1 Å². The molecule has 0 saturated carbocycles. The van der Waals surface area contributed by atoms with Crippen LogP contribution in [0.5, 0.6) is 0 Å². The molecular formula is C20H22IN3O4S. The Bertz CT molecular complexity index is 869. The summed E-state index contributed by atoms with van der Waals surface area (Å²) in [6, 6.07) is 4.65. The van der Waals surface area contributed by atoms with E-state index in [0.29, 0.717) is 35.6 Å². The molecule has 9 heteroatoms. The summed E-state index contributed by atoms with van der Waals surface area (Å²) < 4.78 is 5.07. The lowest BCUT2D eigenvalue weighted by Gasteiger charge is -2.33. The fourth-order valence-electron chi connectivity index (χ4n) is 4.22. The molecule has 0 aromatic heterocycles. The molecule has 29 heavy (non-hydrogen) atoms. The molecule has 0 bridgehead atoms. The van der Waals surface area contributed by atoms with Crippen molar-refractivity contribution in [2.75, 3.05) is 23.7 Å². The number of halogens is 1. The molecule has 1 N–H and O–H groups in total. The number of nitrogens with zero attached hydrogens (tertiary/aromatic N) is 2. The SMILES string of the molecule is C=C1CCC(N2C(=O)c3ccc(N4CCC(CSOI)CC4)cc3C2=O)C(=O)N1. The summed E-state index contributed by atoms with van der Waals surface area (Å²) in [4.78, 5) is 41.5. The van der Waals surface area contributed by atoms with Crippen LogP contribution in [0.3, 0.4) is 0 Å². The highest BCUT2D eigenvalue weighted by atomic mass is 127. The molecule has 2 saturated heterocycles. The normalized spacial score (nSPS) is 22.9. The van der Waals surface area contributed by atoms with Crippen molar-refractivity contribution in [3.8, 4) is 0 Å². The molecule has 3 heterocycles. The number of imide groups is 1. The predicted octanol–water partition coefficient (Wildman–Crippen LogP) is 3.31. The number of benzene rings is 1. The van der Waals surface area contributed by atoms with Crippen molar-refractivity contribution in [1.82, 2.24) is 10.2 Å². The number of allylic oxidation sites excluding steroid dienone is 1. The molecule has 1 aromatic rings. The summed E-state index contributed by atoms with van der Waals surface area (Å²) in [5, 5.41) is 2.66. The molecule has 3 aliphatic heterocycles. The fraction of sp³-hybridized carbons (Fsp3) is 0.450. The van der Waals surface area contributed by atoms with Crippen molar-refractivity contribution >= 4 is 58.5 Å². The Morgan fingerprint density at radius 2 is 1.86 bits per heavy atom. The van der Waals surface area contributed by atoms with E-state index in [1.54, 1.807) is 12.1 Å². The van der Waals surface area contributed by atoms with Crippen LogP contribution < -0.4 is 10.2 Å². The van der Waals surface area contributed by atoms with Crippen LogP contribution >= 0.6 is 35.0 Å². The molecular weight excluding hydrogens is 505 g/mol. The Kier molecular flexibility index (Phi) is 6.16. The van der Waals surface area contributed by atoms with Gasteiger partial charge in [-0.2, -0.15) is 0 Å². The second-order valence-corrected chi connectivity index (χ2v) is 9.41. The minimum Gasteiger partial charge on any atom is -0.371 e. The molecule has 1 aromatic carbocycles. The van der Waals surface area contributed by atoms with Gasteiger partial charge in [-0.3, -0.25) is 19.3 Å². The summed E-state index contributed by atoms with van der Waals surface area (Å²) in [6.07, 6.45) is 3.10. The third-order valence-electron chi connectivity index (χ3n) is 5.86. The van der Waals surface area contributed by atoms with Gasteiger partial charge in [0.25, 0.3) is 11.8 Å². The zero-order valence-electron chi connectivity index (χ0n) is 15.9. The molecule has 1 unspecified atom stereocenters. The average Bonchev–Trinajstić information content (AvgIpc) is 2.97. The minimum atomic E-state index is -0.773. The van der Waals surface area contributed by atoms with Crippen LogP contribution in [0.25, 0.3) is 0 Å². The lowest BCUT2D eigenvalue weighted by molar-refractivity contribution is -0.125. The highest BCUT2D eigenvalue weighted by Crippen LogP contribution is 2.33. The summed E-state index contributed by atoms with van der Waals surface area (Å²) in [7, 11) is 0. The molecule has 0 spiro atoms. The summed E-state index contributed by atoms with van der Waals surface area (Å²) in [5.74, 6) is 0.493. The topological polar surface area (TPSA) is 79.0 Å². The van der Waals surface area contributed by atoms with Gasteiger partial charge in [-0.25, -0.2) is 2.51 Å². The zero-order chi connectivity index (χ0) is 20.5. The second-order valence-electron chi connectivity index (χ2n) is 7.64. The van der Waals surface area contributed by atoms with Crippen molar-refractivity contribution in [2.45, 2.75) is 31.7 Å². The number of piperidine rings is 2. The van der Waals surface area contributed by atoms with Gasteiger partial charge in [0.1, 0.15) is 29.0 Å². The number of carbonyl (C=O) groups excluding carboxylic acids is 3. The van der Waals surface area contributed by atoms with E-state index in [0.717, 1.165) is 42.3 Å². The monoisotopic (exact) mass is 527 g/mol. The first kappa shape index (κ1) is 20.7. The van der Waals surface area contributed by atoms with Crippen molar-refractivity contribution in [3.63, 3.8) is 0 Å². The number of hydrogen-bond donors (Lipinski definition) is 1. The Balaban J connectivity index is 1.49. The highest BCUT2D eigenvalue weighted by Gasteiger charge is 2.44. The van der Waals surface area contributed by atoms with Gasteiger partial charge in [0, 0.05) is 42.3 Å². The smallest absolute Gasteiger partial charge is 0.262 e. The van der Waals surface area contributed by atoms with Crippen LogP contribution in [0.2, 0.25) is 0 Å². The van der Waals surface area contributed by atoms with Crippen LogP contribution in [0.15, 0.2) is 30.5 Å². The maximum Gasteiger partial charge on any atom is 0.262 e. The zero-order valence-corrected chi connectivity index (χ0v) is 18.8. The summed E-state index contributed by atoms with van der Waals surface area (Å²) in [5.41, 5.74) is 2.34. The third-order valence-corrected chi connectivity index (χ3v) is 7.32. The van der Waals surface area contributed by atoms with E-state index in [2.05, 4.69) is 16.8 Å². The van der Waals surface area contributed by atoms with E-state index in [1.165, 1.54) is 12.0 Å². The third kappa shape index (κ3) is 4.04. The van der Waals surface area contributed by atoms with Gasteiger partial charge in [-0.1, -0.05) is 6.58 Å². The number of carbonyl (C=O) groups is 3. The average molecular weight is 527 g/mol. The van der Waals surface area contributed by atoms with Gasteiger partial charge < -0.3 is 10.2 Å². The maximum absolute atomic E-state index is 13.0. The first-order chi connectivity index (χ1) is 14.0. The molecule has 4 rings (SSSR count). The highest BCUT2D eigenvalue weighted by molar-refractivity contribution is 14.1. The van der Waals surface area contributed by atoms with E-state index in [4.69, 9.17) is 2.51 Å². The number of hydrogen-bond acceptors (Lipinski definition) is 6. The van der Waals surface area contributed by atoms with Crippen LogP contribution in [-0.2, 0) is 7.31 Å². The predicted molar refractivity (Wildman–Crippen MR) is 120 cm³/mol. The Morgan fingerprint density at radius 3 is 2.55 bits per heavy atom. The van der Waals surface area contributed by atoms with Gasteiger partial charge in [-0.15, -0.1) is 0 Å². The fourth-order valence-corrected chi connectivity index (χ4v) is 5.23. The quantitative estimate of drug-likeness (QED) is 0.360. The molecule has 7 nitrogen and oxygen atoms in total. The minimum absolute atomic E-state index is 0.341. The largest absolute Gasteiger partial charge is 0.371 e. The second kappa shape index (κ2) is 8.65. The maximum atomic E-state index is 13.0. The van der Waals surface area contributed by atoms with Gasteiger partial charge >= 0.3 is 0 Å². The summed E-state index contributed by atoms with van der Waals surface area (Å²) >= 11 is 3.38. The molecule has 154 valence electrons. The molecule has 3 amide bonds. The Morgan fingerprint density at radius 1 is 1.14 bits per heavy atom. The number of fused-ring (bicyclic) bond motifs is 1. The van der Waals surface area contributed by atoms with Crippen LogP contribution in [0, 0.1) is 5.92 Å². The van der Waals surface area contributed by atoms with Crippen molar-refractivity contribution in [1.29, 1.82) is 0 Å². The van der Waals surface area contributed by atoms with Crippen LogP contribution in [0.1, 0.15) is 46.4 Å². The van der Waals surface area contributed by atoms with Gasteiger partial charge in [0.15, 0.2) is 0 Å². The standard InChI is InChI=1S/C20H22IN3O4S/c1-12-2-5-17(18(25)22-12)24-19(26)15-4-3-14(10-16(15)20(24)27)23-8-6-13(7-9-23)11-29-28-21/h3-4,10,13,17H,1-2,5-9,11H2,(H,22,25). The summed E-state index contributed by atoms with van der Waals surface area (Å²) in [6.45, 7) is 5.57.